The molecule has 7 heteroatoms. The Balaban J connectivity index is 1.75. The minimum absolute atomic E-state index is 0.0470. The quantitative estimate of drug-likeness (QED) is 0.484. The number of nitrogens with zero attached hydrogens (tertiary/aromatic N) is 2. The number of nitrogens with one attached hydrogen (secondary N) is 2. The molecule has 0 aliphatic rings. The van der Waals surface area contributed by atoms with E-state index in [0.717, 1.165) is 11.4 Å². The Bertz CT molecular complexity index is 653. The van der Waals surface area contributed by atoms with Crippen LogP contribution in [0.5, 0.6) is 0 Å². The molecule has 1 aromatic heterocycles. The van der Waals surface area contributed by atoms with E-state index in [-0.39, 0.29) is 11.6 Å². The number of carbonyl (C=O) groups excluding carboxylic acids is 1. The van der Waals surface area contributed by atoms with Gasteiger partial charge in [-0.25, -0.2) is 0 Å². The van der Waals surface area contributed by atoms with Gasteiger partial charge < -0.3 is 10.6 Å². The van der Waals surface area contributed by atoms with Gasteiger partial charge in [-0.3, -0.25) is 19.9 Å². The van der Waals surface area contributed by atoms with Crippen LogP contribution in [0.3, 0.4) is 0 Å². The molecular formula is C15H16N4O3. The summed E-state index contributed by atoms with van der Waals surface area (Å²) in [5, 5.41) is 16.4. The molecule has 0 bridgehead atoms. The number of non-ortho nitro benzene ring substituents is 1. The number of hydrogen-bond acceptors (Lipinski definition) is 5. The lowest BCUT2D eigenvalue weighted by atomic mass is 10.2. The van der Waals surface area contributed by atoms with Gasteiger partial charge in [-0.05, 0) is 31.2 Å². The van der Waals surface area contributed by atoms with Crippen LogP contribution in [-0.2, 0) is 0 Å². The first-order valence-electron chi connectivity index (χ1n) is 6.75. The lowest BCUT2D eigenvalue weighted by molar-refractivity contribution is -0.384. The van der Waals surface area contributed by atoms with Crippen LogP contribution in [0.2, 0.25) is 0 Å². The molecule has 0 aliphatic heterocycles. The molecule has 7 nitrogen and oxygen atoms in total. The summed E-state index contributed by atoms with van der Waals surface area (Å²) in [6, 6.07) is 9.62. The van der Waals surface area contributed by atoms with Crippen molar-refractivity contribution >= 4 is 17.3 Å². The number of benzene rings is 1. The normalized spacial score (nSPS) is 10.0. The predicted octanol–water partition coefficient (Wildman–Crippen LogP) is 2.14. The molecule has 0 unspecified atom stereocenters. The van der Waals surface area contributed by atoms with Gasteiger partial charge in [0.05, 0.1) is 10.5 Å². The average molecular weight is 300 g/mol. The van der Waals surface area contributed by atoms with Crippen LogP contribution in [0, 0.1) is 17.0 Å². The monoisotopic (exact) mass is 300 g/mol. The third kappa shape index (κ3) is 4.27. The lowest BCUT2D eigenvalue weighted by Gasteiger charge is -2.08. The van der Waals surface area contributed by atoms with E-state index in [1.54, 1.807) is 24.3 Å². The second-order valence-corrected chi connectivity index (χ2v) is 4.67. The zero-order valence-corrected chi connectivity index (χ0v) is 12.1. The molecular weight excluding hydrogens is 284 g/mol. The molecule has 0 saturated heterocycles. The van der Waals surface area contributed by atoms with Crippen molar-refractivity contribution in [3.63, 3.8) is 0 Å². The van der Waals surface area contributed by atoms with Gasteiger partial charge in [-0.2, -0.15) is 0 Å². The van der Waals surface area contributed by atoms with Crippen molar-refractivity contribution in [2.24, 2.45) is 0 Å². The molecule has 0 fully saturated rings. The number of nitro groups is 1. The van der Waals surface area contributed by atoms with E-state index >= 15 is 0 Å². The van der Waals surface area contributed by atoms with Gasteiger partial charge in [0.25, 0.3) is 11.6 Å². The van der Waals surface area contributed by atoms with Crippen LogP contribution in [0.1, 0.15) is 16.1 Å². The highest BCUT2D eigenvalue weighted by atomic mass is 16.6. The SMILES string of the molecule is Cc1ccc(C(=O)NCCNc2ccc([N+](=O)[O-])cc2)cn1. The number of hydrogen-bond donors (Lipinski definition) is 2. The number of anilines is 1. The molecule has 22 heavy (non-hydrogen) atoms. The van der Waals surface area contributed by atoms with E-state index in [0.29, 0.717) is 18.7 Å². The van der Waals surface area contributed by atoms with Crippen LogP contribution < -0.4 is 10.6 Å². The van der Waals surface area contributed by atoms with Crippen LogP contribution in [0.15, 0.2) is 42.6 Å². The Morgan fingerprint density at radius 1 is 1.18 bits per heavy atom. The molecule has 1 aromatic carbocycles. The van der Waals surface area contributed by atoms with Gasteiger partial charge in [-0.15, -0.1) is 0 Å². The fraction of sp³-hybridized carbons (Fsp3) is 0.200. The number of pyridine rings is 1. The minimum Gasteiger partial charge on any atom is -0.383 e. The Hall–Kier alpha value is -2.96. The van der Waals surface area contributed by atoms with E-state index in [1.165, 1.54) is 18.3 Å². The number of carbonyl (C=O) groups is 1. The number of nitro benzene ring substituents is 1. The molecule has 0 saturated carbocycles. The Labute approximate surface area is 127 Å². The topological polar surface area (TPSA) is 97.2 Å². The maximum Gasteiger partial charge on any atom is 0.269 e. The van der Waals surface area contributed by atoms with Crippen LogP contribution in [0.4, 0.5) is 11.4 Å². The zero-order valence-electron chi connectivity index (χ0n) is 12.1. The Morgan fingerprint density at radius 3 is 2.50 bits per heavy atom. The summed E-state index contributed by atoms with van der Waals surface area (Å²) in [5.41, 5.74) is 2.18. The third-order valence-electron chi connectivity index (χ3n) is 2.99. The number of rotatable bonds is 6. The minimum atomic E-state index is -0.445. The average Bonchev–Trinajstić information content (AvgIpc) is 2.52. The van der Waals surface area contributed by atoms with Gasteiger partial charge in [0.1, 0.15) is 0 Å². The van der Waals surface area contributed by atoms with Crippen LogP contribution in [0.25, 0.3) is 0 Å². The maximum atomic E-state index is 11.8. The molecule has 1 amide bonds. The molecule has 0 radical (unpaired) electrons. The molecule has 2 N–H and O–H groups in total. The third-order valence-corrected chi connectivity index (χ3v) is 2.99. The van der Waals surface area contributed by atoms with Crippen LogP contribution >= 0.6 is 0 Å². The van der Waals surface area contributed by atoms with E-state index in [9.17, 15) is 14.9 Å². The van der Waals surface area contributed by atoms with Crippen molar-refractivity contribution in [3.05, 3.63) is 64.0 Å². The highest BCUT2D eigenvalue weighted by Gasteiger charge is 2.05. The zero-order chi connectivity index (χ0) is 15.9. The molecule has 114 valence electrons. The summed E-state index contributed by atoms with van der Waals surface area (Å²) in [6.07, 6.45) is 1.54. The second kappa shape index (κ2) is 7.16. The molecule has 0 atom stereocenters. The smallest absolute Gasteiger partial charge is 0.269 e. The number of amides is 1. The summed E-state index contributed by atoms with van der Waals surface area (Å²) < 4.78 is 0. The van der Waals surface area contributed by atoms with Gasteiger partial charge >= 0.3 is 0 Å². The summed E-state index contributed by atoms with van der Waals surface area (Å²) >= 11 is 0. The van der Waals surface area contributed by atoms with Gasteiger partial charge in [-0.1, -0.05) is 0 Å². The van der Waals surface area contributed by atoms with Crippen molar-refractivity contribution in [2.75, 3.05) is 18.4 Å². The van der Waals surface area contributed by atoms with Gasteiger partial charge in [0, 0.05) is 42.8 Å². The van der Waals surface area contributed by atoms with Crippen LogP contribution in [-0.4, -0.2) is 28.9 Å². The lowest BCUT2D eigenvalue weighted by Crippen LogP contribution is -2.28. The summed E-state index contributed by atoms with van der Waals surface area (Å²) in [6.45, 7) is 2.81. The first kappa shape index (κ1) is 15.4. The fourth-order valence-electron chi connectivity index (χ4n) is 1.79. The Morgan fingerprint density at radius 2 is 1.91 bits per heavy atom. The number of aromatic nitrogens is 1. The molecule has 0 aliphatic carbocycles. The van der Waals surface area contributed by atoms with E-state index in [2.05, 4.69) is 15.6 Å². The molecule has 1 heterocycles. The van der Waals surface area contributed by atoms with E-state index in [4.69, 9.17) is 0 Å². The van der Waals surface area contributed by atoms with Crippen molar-refractivity contribution in [1.82, 2.24) is 10.3 Å². The Kier molecular flexibility index (Phi) is 5.02. The van der Waals surface area contributed by atoms with Crippen molar-refractivity contribution in [3.8, 4) is 0 Å². The highest BCUT2D eigenvalue weighted by molar-refractivity contribution is 5.93. The first-order chi connectivity index (χ1) is 10.6. The summed E-state index contributed by atoms with van der Waals surface area (Å²) in [5.74, 6) is -0.182. The molecule has 0 spiro atoms. The molecule has 2 rings (SSSR count). The molecule has 2 aromatic rings. The standard InChI is InChI=1S/C15H16N4O3/c1-11-2-3-12(10-18-11)15(20)17-9-8-16-13-4-6-14(7-5-13)19(21)22/h2-7,10,16H,8-9H2,1H3,(H,17,20). The van der Waals surface area contributed by atoms with Crippen molar-refractivity contribution in [1.29, 1.82) is 0 Å². The van der Waals surface area contributed by atoms with E-state index in [1.807, 2.05) is 6.92 Å². The van der Waals surface area contributed by atoms with Gasteiger partial charge in [0.2, 0.25) is 0 Å². The maximum absolute atomic E-state index is 11.8. The second-order valence-electron chi connectivity index (χ2n) is 4.67. The van der Waals surface area contributed by atoms with Crippen molar-refractivity contribution < 1.29 is 9.72 Å². The first-order valence-corrected chi connectivity index (χ1v) is 6.75. The predicted molar refractivity (Wildman–Crippen MR) is 82.9 cm³/mol. The van der Waals surface area contributed by atoms with Crippen molar-refractivity contribution in [2.45, 2.75) is 6.92 Å². The summed E-state index contributed by atoms with van der Waals surface area (Å²) in [4.78, 5) is 26.0. The van der Waals surface area contributed by atoms with Gasteiger partial charge in [0.15, 0.2) is 0 Å². The number of aryl methyl sites for hydroxylation is 1. The fourth-order valence-corrected chi connectivity index (χ4v) is 1.79. The largest absolute Gasteiger partial charge is 0.383 e. The van der Waals surface area contributed by atoms with E-state index < -0.39 is 4.92 Å². The summed E-state index contributed by atoms with van der Waals surface area (Å²) in [7, 11) is 0. The highest BCUT2D eigenvalue weighted by Crippen LogP contribution is 2.14.